The van der Waals surface area contributed by atoms with Gasteiger partial charge in [-0.05, 0) is 18.2 Å². The van der Waals surface area contributed by atoms with E-state index in [9.17, 15) is 26.3 Å². The molecule has 2 heterocycles. The van der Waals surface area contributed by atoms with Crippen LogP contribution in [0.5, 0.6) is 0 Å². The Morgan fingerprint density at radius 2 is 1.70 bits per heavy atom. The molecule has 0 aliphatic carbocycles. The Morgan fingerprint density at radius 1 is 1.00 bits per heavy atom. The van der Waals surface area contributed by atoms with Crippen LogP contribution in [0.3, 0.4) is 0 Å². The van der Waals surface area contributed by atoms with Crippen molar-refractivity contribution in [1.29, 1.82) is 0 Å². The summed E-state index contributed by atoms with van der Waals surface area (Å²) in [5, 5.41) is 2.92. The Labute approximate surface area is 146 Å². The molecule has 4 rings (SSSR count). The van der Waals surface area contributed by atoms with Crippen molar-refractivity contribution in [3.63, 3.8) is 0 Å². The predicted octanol–water partition coefficient (Wildman–Crippen LogP) is 4.41. The van der Waals surface area contributed by atoms with Crippen molar-refractivity contribution in [2.75, 3.05) is 11.2 Å². The molecule has 0 radical (unpaired) electrons. The van der Waals surface area contributed by atoms with Crippen LogP contribution in [0, 0.1) is 17.5 Å². The summed E-state index contributed by atoms with van der Waals surface area (Å²) in [4.78, 5) is 6.57. The van der Waals surface area contributed by atoms with Crippen LogP contribution >= 0.6 is 0 Å². The summed E-state index contributed by atoms with van der Waals surface area (Å²) in [6.07, 6.45) is -3.39. The molecule has 0 bridgehead atoms. The molecule has 11 heteroatoms. The van der Waals surface area contributed by atoms with Gasteiger partial charge in [-0.1, -0.05) is 0 Å². The van der Waals surface area contributed by atoms with Gasteiger partial charge >= 0.3 is 6.18 Å². The summed E-state index contributed by atoms with van der Waals surface area (Å²) < 4.78 is 80.1. The molecule has 0 aliphatic heterocycles. The molecular weight excluding hydrogens is 376 g/mol. The zero-order valence-corrected chi connectivity index (χ0v) is 13.1. The molecule has 0 unspecified atom stereocenters. The average molecular weight is 385 g/mol. The topological polar surface area (TPSA) is 71.7 Å². The second-order valence-electron chi connectivity index (χ2n) is 5.77. The summed E-state index contributed by atoms with van der Waals surface area (Å²) in [5.74, 6) is 2.21. The Kier molecular flexibility index (Phi) is 3.52. The molecule has 0 aliphatic rings. The van der Waals surface area contributed by atoms with E-state index in [2.05, 4.69) is 15.3 Å². The number of nitrogens with zero attached hydrogens (tertiary/aromatic N) is 2. The van der Waals surface area contributed by atoms with Gasteiger partial charge in [-0.3, -0.25) is 0 Å². The molecule has 4 aromatic rings. The monoisotopic (exact) mass is 385 g/mol. The van der Waals surface area contributed by atoms with E-state index in [-0.39, 0.29) is 33.6 Å². The van der Waals surface area contributed by atoms with Gasteiger partial charge in [0, 0.05) is 17.6 Å². The zero-order valence-electron chi connectivity index (χ0n) is 13.1. The maximum atomic E-state index is 14.1. The number of imidazole rings is 1. The molecular formula is C16H9F6N5. The fourth-order valence-electron chi connectivity index (χ4n) is 2.77. The third kappa shape index (κ3) is 2.71. The molecule has 0 spiro atoms. The molecule has 5 nitrogen and oxygen atoms in total. The number of hydrogen-bond donors (Lipinski definition) is 3. The number of nitrogens with two attached hydrogens (primary N) is 1. The second-order valence-corrected chi connectivity index (χ2v) is 5.77. The van der Waals surface area contributed by atoms with Crippen LogP contribution in [-0.2, 0) is 6.18 Å². The predicted molar refractivity (Wildman–Crippen MR) is 86.3 cm³/mol. The summed E-state index contributed by atoms with van der Waals surface area (Å²) in [7, 11) is 0. The Hall–Kier alpha value is -3.37. The SMILES string of the molecule is Nn1c(Nc2c[nH]c3cc(F)c(F)cc23)nc2cc(C(F)(F)F)cc(F)c21. The van der Waals surface area contributed by atoms with Crippen molar-refractivity contribution in [3.8, 4) is 0 Å². The van der Waals surface area contributed by atoms with Crippen LogP contribution in [-0.4, -0.2) is 14.6 Å². The molecule has 0 atom stereocenters. The van der Waals surface area contributed by atoms with E-state index in [1.165, 1.54) is 6.20 Å². The number of alkyl halides is 3. The van der Waals surface area contributed by atoms with Gasteiger partial charge in [0.2, 0.25) is 5.95 Å². The van der Waals surface area contributed by atoms with E-state index in [1.807, 2.05) is 0 Å². The van der Waals surface area contributed by atoms with Gasteiger partial charge in [-0.15, -0.1) is 0 Å². The van der Waals surface area contributed by atoms with Gasteiger partial charge in [0.1, 0.15) is 5.52 Å². The molecule has 2 aromatic carbocycles. The Bertz CT molecular complexity index is 1190. The number of fused-ring (bicyclic) bond motifs is 2. The maximum absolute atomic E-state index is 14.1. The van der Waals surface area contributed by atoms with E-state index in [1.54, 1.807) is 0 Å². The van der Waals surface area contributed by atoms with Crippen LogP contribution < -0.4 is 11.2 Å². The van der Waals surface area contributed by atoms with E-state index in [4.69, 9.17) is 5.84 Å². The van der Waals surface area contributed by atoms with Gasteiger partial charge in [-0.25, -0.2) is 22.8 Å². The minimum absolute atomic E-state index is 0.186. The van der Waals surface area contributed by atoms with Crippen molar-refractivity contribution in [1.82, 2.24) is 14.6 Å². The lowest BCUT2D eigenvalue weighted by Gasteiger charge is -2.07. The minimum Gasteiger partial charge on any atom is -0.359 e. The van der Waals surface area contributed by atoms with E-state index in [0.29, 0.717) is 12.1 Å². The maximum Gasteiger partial charge on any atom is 0.416 e. The molecule has 0 saturated heterocycles. The largest absolute Gasteiger partial charge is 0.416 e. The lowest BCUT2D eigenvalue weighted by molar-refractivity contribution is -0.137. The van der Waals surface area contributed by atoms with Crippen LogP contribution in [0.15, 0.2) is 30.5 Å². The highest BCUT2D eigenvalue weighted by atomic mass is 19.4. The number of anilines is 2. The number of rotatable bonds is 2. The Balaban J connectivity index is 1.82. The normalized spacial score (nSPS) is 12.2. The zero-order chi connectivity index (χ0) is 19.5. The Morgan fingerprint density at radius 3 is 2.41 bits per heavy atom. The third-order valence-electron chi connectivity index (χ3n) is 4.04. The average Bonchev–Trinajstić information content (AvgIpc) is 3.09. The van der Waals surface area contributed by atoms with E-state index >= 15 is 0 Å². The van der Waals surface area contributed by atoms with Crippen LogP contribution in [0.25, 0.3) is 21.9 Å². The van der Waals surface area contributed by atoms with Crippen LogP contribution in [0.2, 0.25) is 0 Å². The highest BCUT2D eigenvalue weighted by Gasteiger charge is 2.32. The summed E-state index contributed by atoms with van der Waals surface area (Å²) in [6.45, 7) is 0. The molecule has 2 aromatic heterocycles. The molecule has 140 valence electrons. The van der Waals surface area contributed by atoms with Gasteiger partial charge in [0.05, 0.1) is 22.3 Å². The molecule has 27 heavy (non-hydrogen) atoms. The van der Waals surface area contributed by atoms with Gasteiger partial charge in [0.25, 0.3) is 0 Å². The minimum atomic E-state index is -4.75. The molecule has 0 fully saturated rings. The second kappa shape index (κ2) is 5.56. The van der Waals surface area contributed by atoms with Crippen molar-refractivity contribution >= 4 is 33.6 Å². The van der Waals surface area contributed by atoms with Crippen LogP contribution in [0.4, 0.5) is 38.0 Å². The number of nitrogen functional groups attached to an aromatic ring is 1. The summed E-state index contributed by atoms with van der Waals surface area (Å²) >= 11 is 0. The number of halogens is 6. The van der Waals surface area contributed by atoms with E-state index in [0.717, 1.165) is 16.8 Å². The van der Waals surface area contributed by atoms with Crippen molar-refractivity contribution in [2.24, 2.45) is 0 Å². The fourth-order valence-corrected chi connectivity index (χ4v) is 2.77. The fraction of sp³-hybridized carbons (Fsp3) is 0.0625. The van der Waals surface area contributed by atoms with Gasteiger partial charge < -0.3 is 16.1 Å². The van der Waals surface area contributed by atoms with Gasteiger partial charge in [-0.2, -0.15) is 13.2 Å². The molecule has 4 N–H and O–H groups in total. The number of aromatic nitrogens is 3. The summed E-state index contributed by atoms with van der Waals surface area (Å²) in [5.41, 5.74) is -1.38. The summed E-state index contributed by atoms with van der Waals surface area (Å²) in [6, 6.07) is 2.85. The first-order valence-corrected chi connectivity index (χ1v) is 7.42. The van der Waals surface area contributed by atoms with Crippen molar-refractivity contribution in [3.05, 3.63) is 53.5 Å². The number of H-pyrrole nitrogens is 1. The van der Waals surface area contributed by atoms with Crippen molar-refractivity contribution in [2.45, 2.75) is 6.18 Å². The number of benzene rings is 2. The third-order valence-corrected chi connectivity index (χ3v) is 4.04. The quantitative estimate of drug-likeness (QED) is 0.354. The van der Waals surface area contributed by atoms with Gasteiger partial charge in [0.15, 0.2) is 17.5 Å². The first-order chi connectivity index (χ1) is 12.6. The lowest BCUT2D eigenvalue weighted by atomic mass is 10.2. The smallest absolute Gasteiger partial charge is 0.359 e. The molecule has 0 amide bonds. The van der Waals surface area contributed by atoms with Crippen molar-refractivity contribution < 1.29 is 26.3 Å². The highest BCUT2D eigenvalue weighted by molar-refractivity contribution is 5.94. The van der Waals surface area contributed by atoms with Crippen LogP contribution in [0.1, 0.15) is 5.56 Å². The first-order valence-electron chi connectivity index (χ1n) is 7.42. The van der Waals surface area contributed by atoms with E-state index < -0.39 is 29.2 Å². The molecule has 0 saturated carbocycles. The number of aromatic amines is 1. The standard InChI is InChI=1S/C16H9F6N5/c17-8-3-7-11(4-9(8)18)24-5-13(7)26-15-25-12-2-6(16(20,21)22)1-10(19)14(12)27(15)23/h1-5,24H,23H2,(H,25,26). The number of nitrogens with one attached hydrogen (secondary N) is 2. The number of hydrogen-bond acceptors (Lipinski definition) is 3. The highest BCUT2D eigenvalue weighted by Crippen LogP contribution is 2.34. The lowest BCUT2D eigenvalue weighted by Crippen LogP contribution is -2.13. The first kappa shape index (κ1) is 17.1.